The average molecular weight is 371 g/mol. The molecule has 0 bridgehead atoms. The summed E-state index contributed by atoms with van der Waals surface area (Å²) in [6.07, 6.45) is 4.12. The van der Waals surface area contributed by atoms with Crippen LogP contribution in [0, 0.1) is 19.8 Å². The predicted molar refractivity (Wildman–Crippen MR) is 101 cm³/mol. The van der Waals surface area contributed by atoms with Crippen LogP contribution < -0.4 is 11.1 Å². The molecule has 1 atom stereocenters. The third kappa shape index (κ3) is 4.29. The molecule has 2 heterocycles. The summed E-state index contributed by atoms with van der Waals surface area (Å²) in [5.41, 5.74) is 8.62. The molecule has 1 aliphatic rings. The van der Waals surface area contributed by atoms with E-state index in [0.717, 1.165) is 17.2 Å². The summed E-state index contributed by atoms with van der Waals surface area (Å²) in [5, 5.41) is 2.96. The summed E-state index contributed by atoms with van der Waals surface area (Å²) < 4.78 is 2.00. The lowest BCUT2D eigenvalue weighted by molar-refractivity contribution is 0.0949. The summed E-state index contributed by atoms with van der Waals surface area (Å²) in [6.45, 7) is 4.46. The third-order valence-electron chi connectivity index (χ3n) is 4.28. The first kappa shape index (κ1) is 20.5. The molecule has 1 amide bonds. The van der Waals surface area contributed by atoms with Gasteiger partial charge < -0.3 is 15.6 Å². The van der Waals surface area contributed by atoms with E-state index in [1.807, 2.05) is 42.7 Å². The van der Waals surface area contributed by atoms with Crippen LogP contribution in [0.5, 0.6) is 0 Å². The second kappa shape index (κ2) is 8.51. The van der Waals surface area contributed by atoms with Crippen molar-refractivity contribution in [3.8, 4) is 5.82 Å². The van der Waals surface area contributed by atoms with Gasteiger partial charge in [-0.1, -0.05) is 6.07 Å². The van der Waals surface area contributed by atoms with Crippen LogP contribution in [0.2, 0.25) is 0 Å². The zero-order chi connectivity index (χ0) is 15.7. The molecule has 3 rings (SSSR count). The van der Waals surface area contributed by atoms with Crippen LogP contribution in [-0.4, -0.2) is 28.0 Å². The molecule has 0 spiro atoms. The number of nitrogens with zero attached hydrogens (tertiary/aromatic N) is 2. The number of halogens is 2. The van der Waals surface area contributed by atoms with Crippen molar-refractivity contribution >= 4 is 30.7 Å². The number of hydrogen-bond acceptors (Lipinski definition) is 3. The van der Waals surface area contributed by atoms with E-state index in [0.29, 0.717) is 18.0 Å². The molecular formula is C17H24Cl2N4O. The standard InChI is InChI=1S/C17H22N4O.2ClH/c1-11-9-14(17(22)20-10-15(18)13-6-7-13)12(2)21(11)16-5-3-4-8-19-16;;/h3-5,8-9,13,15H,6-7,10,18H2,1-2H3,(H,20,22);2*1H. The van der Waals surface area contributed by atoms with Crippen molar-refractivity contribution in [1.82, 2.24) is 14.9 Å². The van der Waals surface area contributed by atoms with Crippen LogP contribution in [0.25, 0.3) is 5.82 Å². The maximum Gasteiger partial charge on any atom is 0.253 e. The molecule has 2 aromatic rings. The van der Waals surface area contributed by atoms with E-state index in [9.17, 15) is 4.79 Å². The number of carbonyl (C=O) groups excluding carboxylic acids is 1. The lowest BCUT2D eigenvalue weighted by Gasteiger charge is -2.12. The molecule has 1 saturated carbocycles. The fourth-order valence-corrected chi connectivity index (χ4v) is 2.83. The van der Waals surface area contributed by atoms with Gasteiger partial charge in [0.1, 0.15) is 5.82 Å². The maximum atomic E-state index is 12.4. The fourth-order valence-electron chi connectivity index (χ4n) is 2.83. The second-order valence-electron chi connectivity index (χ2n) is 6.02. The van der Waals surface area contributed by atoms with Gasteiger partial charge in [0.25, 0.3) is 5.91 Å². The average Bonchev–Trinajstić information content (AvgIpc) is 3.32. The number of aromatic nitrogens is 2. The molecule has 0 radical (unpaired) electrons. The first-order valence-corrected chi connectivity index (χ1v) is 7.72. The zero-order valence-corrected chi connectivity index (χ0v) is 15.5. The van der Waals surface area contributed by atoms with Gasteiger partial charge in [0.05, 0.1) is 5.56 Å². The zero-order valence-electron chi connectivity index (χ0n) is 13.9. The molecule has 0 aromatic carbocycles. The number of rotatable bonds is 5. The quantitative estimate of drug-likeness (QED) is 0.849. The molecule has 3 N–H and O–H groups in total. The Morgan fingerprint density at radius 2 is 2.08 bits per heavy atom. The van der Waals surface area contributed by atoms with Crippen LogP contribution in [-0.2, 0) is 0 Å². The number of hydrogen-bond donors (Lipinski definition) is 2. The van der Waals surface area contributed by atoms with Gasteiger partial charge in [-0.05, 0) is 50.8 Å². The highest BCUT2D eigenvalue weighted by atomic mass is 35.5. The van der Waals surface area contributed by atoms with Crippen molar-refractivity contribution in [3.05, 3.63) is 47.4 Å². The lowest BCUT2D eigenvalue weighted by atomic mass is 10.2. The van der Waals surface area contributed by atoms with E-state index in [1.54, 1.807) is 6.20 Å². The summed E-state index contributed by atoms with van der Waals surface area (Å²) in [6, 6.07) is 7.73. The Balaban J connectivity index is 0.00000144. The Morgan fingerprint density at radius 1 is 1.38 bits per heavy atom. The van der Waals surface area contributed by atoms with E-state index >= 15 is 0 Å². The molecule has 0 aliphatic heterocycles. The monoisotopic (exact) mass is 370 g/mol. The molecule has 1 aliphatic carbocycles. The third-order valence-corrected chi connectivity index (χ3v) is 4.28. The van der Waals surface area contributed by atoms with Gasteiger partial charge in [-0.2, -0.15) is 0 Å². The summed E-state index contributed by atoms with van der Waals surface area (Å²) >= 11 is 0. The van der Waals surface area contributed by atoms with Gasteiger partial charge in [-0.3, -0.25) is 4.79 Å². The van der Waals surface area contributed by atoms with Crippen LogP contribution in [0.1, 0.15) is 34.6 Å². The second-order valence-corrected chi connectivity index (χ2v) is 6.02. The van der Waals surface area contributed by atoms with Crippen molar-refractivity contribution in [2.75, 3.05) is 6.54 Å². The number of nitrogens with two attached hydrogens (primary N) is 1. The highest BCUT2D eigenvalue weighted by molar-refractivity contribution is 5.95. The van der Waals surface area contributed by atoms with Crippen molar-refractivity contribution in [2.45, 2.75) is 32.7 Å². The maximum absolute atomic E-state index is 12.4. The normalized spacial score (nSPS) is 14.3. The lowest BCUT2D eigenvalue weighted by Crippen LogP contribution is -2.38. The number of pyridine rings is 1. The molecule has 1 unspecified atom stereocenters. The molecule has 2 aromatic heterocycles. The molecule has 1 fully saturated rings. The Hall–Kier alpha value is -1.56. The SMILES string of the molecule is Cc1cc(C(=O)NCC(N)C2CC2)c(C)n1-c1ccccn1.Cl.Cl. The van der Waals surface area contributed by atoms with Crippen molar-refractivity contribution in [2.24, 2.45) is 11.7 Å². The van der Waals surface area contributed by atoms with Gasteiger partial charge in [-0.25, -0.2) is 4.98 Å². The Kier molecular flexibility index (Phi) is 7.27. The van der Waals surface area contributed by atoms with Gasteiger partial charge in [0.15, 0.2) is 0 Å². The molecule has 24 heavy (non-hydrogen) atoms. The fraction of sp³-hybridized carbons (Fsp3) is 0.412. The molecule has 0 saturated heterocycles. The van der Waals surface area contributed by atoms with Crippen LogP contribution in [0.15, 0.2) is 30.5 Å². The van der Waals surface area contributed by atoms with Gasteiger partial charge in [0, 0.05) is 30.2 Å². The molecular weight excluding hydrogens is 347 g/mol. The topological polar surface area (TPSA) is 72.9 Å². The van der Waals surface area contributed by atoms with Crippen molar-refractivity contribution < 1.29 is 4.79 Å². The van der Waals surface area contributed by atoms with E-state index in [-0.39, 0.29) is 36.8 Å². The van der Waals surface area contributed by atoms with Crippen molar-refractivity contribution in [1.29, 1.82) is 0 Å². The Bertz CT molecular complexity index is 683. The minimum atomic E-state index is -0.0635. The van der Waals surface area contributed by atoms with E-state index in [2.05, 4.69) is 10.3 Å². The first-order valence-electron chi connectivity index (χ1n) is 7.72. The van der Waals surface area contributed by atoms with Gasteiger partial charge >= 0.3 is 0 Å². The van der Waals surface area contributed by atoms with E-state index in [1.165, 1.54) is 12.8 Å². The molecule has 5 nitrogen and oxygen atoms in total. The van der Waals surface area contributed by atoms with Crippen LogP contribution in [0.4, 0.5) is 0 Å². The minimum Gasteiger partial charge on any atom is -0.350 e. The Labute approximate surface area is 154 Å². The van der Waals surface area contributed by atoms with Crippen LogP contribution >= 0.6 is 24.8 Å². The Morgan fingerprint density at radius 3 is 2.67 bits per heavy atom. The minimum absolute atomic E-state index is 0. The first-order chi connectivity index (χ1) is 10.6. The summed E-state index contributed by atoms with van der Waals surface area (Å²) in [7, 11) is 0. The largest absolute Gasteiger partial charge is 0.350 e. The summed E-state index contributed by atoms with van der Waals surface area (Å²) in [5.74, 6) is 1.35. The number of carbonyl (C=O) groups is 1. The van der Waals surface area contributed by atoms with E-state index in [4.69, 9.17) is 5.73 Å². The molecule has 132 valence electrons. The number of amides is 1. The predicted octanol–water partition coefficient (Wildman–Crippen LogP) is 2.80. The van der Waals surface area contributed by atoms with E-state index < -0.39 is 0 Å². The van der Waals surface area contributed by atoms with Crippen LogP contribution in [0.3, 0.4) is 0 Å². The van der Waals surface area contributed by atoms with Gasteiger partial charge in [-0.15, -0.1) is 24.8 Å². The summed E-state index contributed by atoms with van der Waals surface area (Å²) in [4.78, 5) is 16.8. The highest BCUT2D eigenvalue weighted by Gasteiger charge is 2.28. The highest BCUT2D eigenvalue weighted by Crippen LogP contribution is 2.31. The smallest absolute Gasteiger partial charge is 0.253 e. The number of nitrogens with one attached hydrogen (secondary N) is 1. The molecule has 7 heteroatoms. The number of aryl methyl sites for hydroxylation is 1. The van der Waals surface area contributed by atoms with Crippen molar-refractivity contribution in [3.63, 3.8) is 0 Å². The van der Waals surface area contributed by atoms with Gasteiger partial charge in [0.2, 0.25) is 0 Å².